The summed E-state index contributed by atoms with van der Waals surface area (Å²) in [6.07, 6.45) is 1.59. The summed E-state index contributed by atoms with van der Waals surface area (Å²) in [5.74, 6) is -0.611. The van der Waals surface area contributed by atoms with E-state index in [0.29, 0.717) is 24.6 Å². The highest BCUT2D eigenvalue weighted by Gasteiger charge is 2.11. The van der Waals surface area contributed by atoms with Crippen molar-refractivity contribution in [3.8, 4) is 5.75 Å². The number of carboxylic acid groups (broad SMARTS) is 1. The van der Waals surface area contributed by atoms with E-state index in [-0.39, 0.29) is 11.4 Å². The lowest BCUT2D eigenvalue weighted by atomic mass is 10.1. The van der Waals surface area contributed by atoms with Gasteiger partial charge in [-0.15, -0.1) is 0 Å². The first kappa shape index (κ1) is 17.5. The van der Waals surface area contributed by atoms with Crippen LogP contribution in [-0.2, 0) is 13.2 Å². The average Bonchev–Trinajstić information content (AvgIpc) is 2.97. The number of aryl methyl sites for hydroxylation is 1. The average molecular weight is 354 g/mol. The number of carbonyl (C=O) groups is 1. The summed E-state index contributed by atoms with van der Waals surface area (Å²) in [5, 5.41) is 9.13. The zero-order valence-corrected chi connectivity index (χ0v) is 14.3. The minimum atomic E-state index is -0.966. The quantitative estimate of drug-likeness (QED) is 0.659. The highest BCUT2D eigenvalue weighted by Crippen LogP contribution is 2.25. The van der Waals surface area contributed by atoms with Crippen LogP contribution in [0.25, 0.3) is 0 Å². The number of rotatable bonds is 6. The number of nitrogens with two attached hydrogens (primary N) is 1. The predicted octanol–water partition coefficient (Wildman–Crippen LogP) is 3.84. The van der Waals surface area contributed by atoms with Gasteiger partial charge in [0.15, 0.2) is 0 Å². The topological polar surface area (TPSA) is 77.5 Å². The molecule has 134 valence electrons. The lowest BCUT2D eigenvalue weighted by Gasteiger charge is -2.14. The van der Waals surface area contributed by atoms with E-state index in [1.165, 1.54) is 12.1 Å². The molecule has 5 nitrogen and oxygen atoms in total. The molecule has 3 N–H and O–H groups in total. The summed E-state index contributed by atoms with van der Waals surface area (Å²) < 4.78 is 20.7. The van der Waals surface area contributed by atoms with Crippen LogP contribution in [0.5, 0.6) is 5.75 Å². The van der Waals surface area contributed by atoms with Crippen LogP contribution in [0, 0.1) is 12.7 Å². The van der Waals surface area contributed by atoms with Crippen molar-refractivity contribution < 1.29 is 19.0 Å². The number of aromatic nitrogens is 1. The first-order valence-electron chi connectivity index (χ1n) is 8.08. The number of halogens is 1. The van der Waals surface area contributed by atoms with E-state index in [0.717, 1.165) is 16.8 Å². The van der Waals surface area contributed by atoms with Crippen LogP contribution in [0.4, 0.5) is 10.1 Å². The van der Waals surface area contributed by atoms with E-state index >= 15 is 0 Å². The molecule has 0 atom stereocenters. The number of benzene rings is 2. The van der Waals surface area contributed by atoms with Crippen LogP contribution in [0.15, 0.2) is 54.7 Å². The number of nitrogen functional groups attached to an aromatic ring is 1. The molecule has 3 aromatic rings. The van der Waals surface area contributed by atoms with Crippen molar-refractivity contribution >= 4 is 11.7 Å². The van der Waals surface area contributed by atoms with Crippen LogP contribution in [-0.4, -0.2) is 15.6 Å². The molecule has 2 aromatic carbocycles. The van der Waals surface area contributed by atoms with Gasteiger partial charge in [0.2, 0.25) is 0 Å². The molecular formula is C20H19FN2O3. The second kappa shape index (κ2) is 7.31. The molecule has 6 heteroatoms. The predicted molar refractivity (Wildman–Crippen MR) is 96.8 cm³/mol. The minimum Gasteiger partial charge on any atom is -0.489 e. The smallest absolute Gasteiger partial charge is 0.337 e. The van der Waals surface area contributed by atoms with Crippen molar-refractivity contribution in [2.24, 2.45) is 0 Å². The molecule has 3 rings (SSSR count). The Balaban J connectivity index is 1.81. The highest BCUT2D eigenvalue weighted by atomic mass is 19.1. The van der Waals surface area contributed by atoms with Gasteiger partial charge in [-0.3, -0.25) is 0 Å². The summed E-state index contributed by atoms with van der Waals surface area (Å²) >= 11 is 0. The molecule has 26 heavy (non-hydrogen) atoms. The van der Waals surface area contributed by atoms with Gasteiger partial charge in [0.05, 0.1) is 12.1 Å². The van der Waals surface area contributed by atoms with Crippen LogP contribution in [0.1, 0.15) is 27.2 Å². The van der Waals surface area contributed by atoms with Crippen molar-refractivity contribution in [1.29, 1.82) is 0 Å². The monoisotopic (exact) mass is 354 g/mol. The van der Waals surface area contributed by atoms with E-state index in [1.54, 1.807) is 42.6 Å². The molecule has 0 aliphatic rings. The third-order valence-electron chi connectivity index (χ3n) is 4.09. The molecule has 0 unspecified atom stereocenters. The number of anilines is 1. The van der Waals surface area contributed by atoms with E-state index in [9.17, 15) is 9.18 Å². The Morgan fingerprint density at radius 2 is 1.92 bits per heavy atom. The third-order valence-corrected chi connectivity index (χ3v) is 4.09. The lowest BCUT2D eigenvalue weighted by molar-refractivity contribution is 0.0697. The van der Waals surface area contributed by atoms with E-state index < -0.39 is 5.97 Å². The molecule has 0 spiro atoms. The molecular weight excluding hydrogens is 335 g/mol. The zero-order valence-electron chi connectivity index (χ0n) is 14.3. The van der Waals surface area contributed by atoms with Gasteiger partial charge in [-0.25, -0.2) is 9.18 Å². The van der Waals surface area contributed by atoms with Gasteiger partial charge in [0.1, 0.15) is 18.2 Å². The normalized spacial score (nSPS) is 10.7. The Morgan fingerprint density at radius 1 is 1.19 bits per heavy atom. The van der Waals surface area contributed by atoms with Crippen LogP contribution in [0.2, 0.25) is 0 Å². The molecule has 0 radical (unpaired) electrons. The summed E-state index contributed by atoms with van der Waals surface area (Å²) in [6, 6.07) is 13.1. The van der Waals surface area contributed by atoms with Crippen molar-refractivity contribution in [3.63, 3.8) is 0 Å². The summed E-state index contributed by atoms with van der Waals surface area (Å²) in [7, 11) is 0. The van der Waals surface area contributed by atoms with Gasteiger partial charge < -0.3 is 20.1 Å². The largest absolute Gasteiger partial charge is 0.489 e. The maximum Gasteiger partial charge on any atom is 0.337 e. The standard InChI is InChI=1S/C20H19FN2O3/c1-13-8-16(20(24)25)11-23(13)10-15-9-18(22)6-7-19(15)26-12-14-2-4-17(21)5-3-14/h2-9,11H,10,12,22H2,1H3,(H,24,25). The van der Waals surface area contributed by atoms with Gasteiger partial charge in [0, 0.05) is 23.1 Å². The molecule has 0 fully saturated rings. The first-order valence-corrected chi connectivity index (χ1v) is 8.08. The molecule has 0 aliphatic carbocycles. The van der Waals surface area contributed by atoms with Gasteiger partial charge in [-0.1, -0.05) is 12.1 Å². The van der Waals surface area contributed by atoms with Crippen molar-refractivity contribution in [1.82, 2.24) is 4.57 Å². The maximum absolute atomic E-state index is 13.0. The van der Waals surface area contributed by atoms with Crippen molar-refractivity contribution in [3.05, 3.63) is 82.9 Å². The second-order valence-electron chi connectivity index (χ2n) is 6.09. The summed E-state index contributed by atoms with van der Waals surface area (Å²) in [6.45, 7) is 2.57. The SMILES string of the molecule is Cc1cc(C(=O)O)cn1Cc1cc(N)ccc1OCc1ccc(F)cc1. The maximum atomic E-state index is 13.0. The van der Waals surface area contributed by atoms with Crippen LogP contribution >= 0.6 is 0 Å². The highest BCUT2D eigenvalue weighted by molar-refractivity contribution is 5.87. The Bertz CT molecular complexity index is 933. The third kappa shape index (κ3) is 4.03. The number of nitrogens with zero attached hydrogens (tertiary/aromatic N) is 1. The second-order valence-corrected chi connectivity index (χ2v) is 6.09. The number of hydrogen-bond donors (Lipinski definition) is 2. The van der Waals surface area contributed by atoms with Gasteiger partial charge in [-0.05, 0) is 48.9 Å². The lowest BCUT2D eigenvalue weighted by Crippen LogP contribution is -2.05. The van der Waals surface area contributed by atoms with E-state index in [2.05, 4.69) is 0 Å². The Labute approximate surface area is 150 Å². The Hall–Kier alpha value is -3.28. The molecule has 0 amide bonds. The summed E-state index contributed by atoms with van der Waals surface area (Å²) in [5.41, 5.74) is 9.24. The van der Waals surface area contributed by atoms with Crippen LogP contribution < -0.4 is 10.5 Å². The van der Waals surface area contributed by atoms with Crippen LogP contribution in [0.3, 0.4) is 0 Å². The van der Waals surface area contributed by atoms with Gasteiger partial charge >= 0.3 is 5.97 Å². The number of aromatic carboxylic acids is 1. The number of hydrogen-bond acceptors (Lipinski definition) is 3. The fraction of sp³-hybridized carbons (Fsp3) is 0.150. The first-order chi connectivity index (χ1) is 12.4. The molecule has 0 bridgehead atoms. The Morgan fingerprint density at radius 3 is 2.58 bits per heavy atom. The molecule has 0 saturated carbocycles. The zero-order chi connectivity index (χ0) is 18.7. The molecule has 1 heterocycles. The van der Waals surface area contributed by atoms with E-state index in [1.807, 2.05) is 11.5 Å². The number of ether oxygens (including phenoxy) is 1. The van der Waals surface area contributed by atoms with Crippen molar-refractivity contribution in [2.45, 2.75) is 20.1 Å². The molecule has 0 aliphatic heterocycles. The summed E-state index contributed by atoms with van der Waals surface area (Å²) in [4.78, 5) is 11.1. The number of carboxylic acids is 1. The Kier molecular flexibility index (Phi) is 4.93. The van der Waals surface area contributed by atoms with E-state index in [4.69, 9.17) is 15.6 Å². The van der Waals surface area contributed by atoms with Crippen molar-refractivity contribution in [2.75, 3.05) is 5.73 Å². The molecule has 1 aromatic heterocycles. The van der Waals surface area contributed by atoms with Gasteiger partial charge in [0.25, 0.3) is 0 Å². The fourth-order valence-electron chi connectivity index (χ4n) is 2.69. The minimum absolute atomic E-state index is 0.236. The van der Waals surface area contributed by atoms with Gasteiger partial charge in [-0.2, -0.15) is 0 Å². The fourth-order valence-corrected chi connectivity index (χ4v) is 2.69. The molecule has 0 saturated heterocycles.